The van der Waals surface area contributed by atoms with E-state index in [1.165, 1.54) is 12.1 Å². The number of benzene rings is 2. The third kappa shape index (κ3) is 12.0. The smallest absolute Gasteiger partial charge is 0.408 e. The number of nitrogens with two attached hydrogens (primary N) is 1. The molecule has 2 atom stereocenters. The molecular weight excluding hydrogens is 512 g/mol. The van der Waals surface area contributed by atoms with Crippen LogP contribution in [-0.2, 0) is 4.74 Å². The number of aliphatic hydroxyl groups is 2. The Morgan fingerprint density at radius 1 is 1.03 bits per heavy atom. The zero-order chi connectivity index (χ0) is 27.9. The number of amides is 1. The van der Waals surface area contributed by atoms with Gasteiger partial charge in [0.1, 0.15) is 28.9 Å². The van der Waals surface area contributed by atoms with Crippen LogP contribution in [0.2, 0.25) is 0 Å². The first-order chi connectivity index (χ1) is 16.8. The molecule has 2 rings (SSSR count). The monoisotopic (exact) mass is 538 g/mol. The van der Waals surface area contributed by atoms with E-state index in [9.17, 15) is 27.5 Å². The van der Waals surface area contributed by atoms with Crippen LogP contribution in [0.15, 0.2) is 51.5 Å². The number of rotatable bonds is 6. The van der Waals surface area contributed by atoms with Crippen molar-refractivity contribution in [2.75, 3.05) is 13.2 Å². The number of hydrogen-bond acceptors (Lipinski definition) is 7. The zero-order valence-corrected chi connectivity index (χ0v) is 20.3. The third-order valence-electron chi connectivity index (χ3n) is 3.87. The number of alkyl carbamates (subject to hydrolysis) is 1. The number of hydrogen-bond donors (Lipinski definition) is 5. The van der Waals surface area contributed by atoms with Gasteiger partial charge in [-0.1, -0.05) is 16.8 Å². The van der Waals surface area contributed by atoms with Gasteiger partial charge in [-0.15, -0.1) is 0 Å². The molecule has 2 aromatic rings. The Bertz CT molecular complexity index is 970. The van der Waals surface area contributed by atoms with Crippen LogP contribution < -0.4 is 11.1 Å². The number of carbonyl (C=O) groups is 1. The molecule has 6 N–H and O–H groups in total. The lowest BCUT2D eigenvalue weighted by Crippen LogP contribution is -2.37. The van der Waals surface area contributed by atoms with Gasteiger partial charge in [0.25, 0.3) is 0 Å². The van der Waals surface area contributed by atoms with Crippen molar-refractivity contribution < 1.29 is 37.3 Å². The molecule has 0 radical (unpaired) electrons. The first-order valence-electron chi connectivity index (χ1n) is 10.0. The van der Waals surface area contributed by atoms with E-state index in [4.69, 9.17) is 21.1 Å². The molecule has 0 aliphatic rings. The Kier molecular flexibility index (Phi) is 15.0. The SMILES string of the molecule is CC(C)(C)OC(=O)N[C@H](CO)c1c(F)cccc1F.N=NN=NCl.N[C@H](CO)c1c(F)cccc1F. The molecule has 0 aliphatic carbocycles. The fraction of sp³-hybridized carbons (Fsp3) is 0.381. The second-order valence-electron chi connectivity index (χ2n) is 7.71. The fourth-order valence-corrected chi connectivity index (χ4v) is 2.51. The average Bonchev–Trinajstić information content (AvgIpc) is 2.78. The summed E-state index contributed by atoms with van der Waals surface area (Å²) in [5.41, 5.74) is 9.75. The summed E-state index contributed by atoms with van der Waals surface area (Å²) in [6.45, 7) is 3.85. The van der Waals surface area contributed by atoms with E-state index in [-0.39, 0.29) is 5.56 Å². The standard InChI is InChI=1S/C13H17F2NO3.C8H9F2NO.ClHN4/c1-13(2,3)19-12(18)16-10(7-17)11-8(14)5-4-6-9(11)15;9-5-2-1-3-6(10)8(5)7(11)4-12;1-3-5-4-2/h4-6,10,17H,7H2,1-3H3,(H,16,18);1-3,7,12H,4,11H2;2H/t10-;7-;/m11./s1. The molecule has 0 fully saturated rings. The molecule has 10 nitrogen and oxygen atoms in total. The minimum atomic E-state index is -1.20. The van der Waals surface area contributed by atoms with Crippen molar-refractivity contribution >= 4 is 17.9 Å². The second-order valence-corrected chi connectivity index (χ2v) is 7.86. The van der Waals surface area contributed by atoms with E-state index < -0.39 is 65.8 Å². The molecular formula is C21H27ClF4N6O4. The van der Waals surface area contributed by atoms with Crippen molar-refractivity contribution in [3.63, 3.8) is 0 Å². The normalized spacial score (nSPS) is 12.4. The van der Waals surface area contributed by atoms with Gasteiger partial charge in [0.15, 0.2) is 0 Å². The van der Waals surface area contributed by atoms with Gasteiger partial charge in [-0.2, -0.15) is 5.53 Å². The maximum atomic E-state index is 13.5. The summed E-state index contributed by atoms with van der Waals surface area (Å²) in [7, 11) is 0. The molecule has 0 spiro atoms. The largest absolute Gasteiger partial charge is 0.444 e. The Morgan fingerprint density at radius 3 is 1.78 bits per heavy atom. The van der Waals surface area contributed by atoms with Crippen LogP contribution in [0.5, 0.6) is 0 Å². The van der Waals surface area contributed by atoms with Crippen LogP contribution in [0, 0.1) is 28.8 Å². The highest BCUT2D eigenvalue weighted by Gasteiger charge is 2.24. The lowest BCUT2D eigenvalue weighted by Gasteiger charge is -2.23. The molecule has 2 aromatic carbocycles. The predicted octanol–water partition coefficient (Wildman–Crippen LogP) is 5.02. The number of aliphatic hydroxyl groups excluding tert-OH is 2. The molecule has 0 aromatic heterocycles. The summed E-state index contributed by atoms with van der Waals surface area (Å²) in [6.07, 6.45) is -0.853. The minimum absolute atomic E-state index is 0.264. The molecule has 0 saturated heterocycles. The van der Waals surface area contributed by atoms with Crippen molar-refractivity contribution in [1.29, 1.82) is 5.53 Å². The minimum Gasteiger partial charge on any atom is -0.444 e. The zero-order valence-electron chi connectivity index (χ0n) is 19.6. The van der Waals surface area contributed by atoms with E-state index in [0.29, 0.717) is 0 Å². The summed E-state index contributed by atoms with van der Waals surface area (Å²) in [5.74, 6) is -3.13. The lowest BCUT2D eigenvalue weighted by molar-refractivity contribution is 0.0479. The Hall–Kier alpha value is -3.20. The lowest BCUT2D eigenvalue weighted by atomic mass is 10.1. The highest BCUT2D eigenvalue weighted by atomic mass is 35.5. The van der Waals surface area contributed by atoms with E-state index in [2.05, 4.69) is 32.2 Å². The van der Waals surface area contributed by atoms with Gasteiger partial charge >= 0.3 is 6.09 Å². The summed E-state index contributed by atoms with van der Waals surface area (Å²) in [4.78, 5) is 11.5. The van der Waals surface area contributed by atoms with E-state index in [1.54, 1.807) is 20.8 Å². The van der Waals surface area contributed by atoms with Crippen LogP contribution in [0.3, 0.4) is 0 Å². The van der Waals surface area contributed by atoms with Crippen molar-refractivity contribution in [1.82, 2.24) is 5.32 Å². The quantitative estimate of drug-likeness (QED) is 0.197. The van der Waals surface area contributed by atoms with Crippen LogP contribution >= 0.6 is 11.8 Å². The molecule has 0 unspecified atom stereocenters. The van der Waals surface area contributed by atoms with Gasteiger partial charge in [0.05, 0.1) is 37.1 Å². The van der Waals surface area contributed by atoms with Gasteiger partial charge in [-0.05, 0) is 55.5 Å². The maximum absolute atomic E-state index is 13.5. The first kappa shape index (κ1) is 32.8. The van der Waals surface area contributed by atoms with Crippen molar-refractivity contribution in [2.45, 2.75) is 38.5 Å². The molecule has 1 amide bonds. The maximum Gasteiger partial charge on any atom is 0.408 e. The van der Waals surface area contributed by atoms with Crippen LogP contribution in [0.25, 0.3) is 0 Å². The Morgan fingerprint density at radius 2 is 1.47 bits per heavy atom. The summed E-state index contributed by atoms with van der Waals surface area (Å²) >= 11 is 4.55. The number of nitrogens with one attached hydrogen (secondary N) is 2. The van der Waals surface area contributed by atoms with E-state index >= 15 is 0 Å². The van der Waals surface area contributed by atoms with Crippen molar-refractivity contribution in [3.8, 4) is 0 Å². The van der Waals surface area contributed by atoms with Crippen LogP contribution in [0.4, 0.5) is 22.4 Å². The van der Waals surface area contributed by atoms with Gasteiger partial charge in [0.2, 0.25) is 0 Å². The Balaban J connectivity index is 0.000000611. The summed E-state index contributed by atoms with van der Waals surface area (Å²) in [5, 5.41) is 25.1. The van der Waals surface area contributed by atoms with Gasteiger partial charge in [-0.3, -0.25) is 0 Å². The third-order valence-corrected chi connectivity index (χ3v) is 3.94. The number of halogens is 5. The van der Waals surface area contributed by atoms with Gasteiger partial charge < -0.3 is 26.0 Å². The highest BCUT2D eigenvalue weighted by Crippen LogP contribution is 2.21. The fourth-order valence-electron chi connectivity index (χ4n) is 2.48. The van der Waals surface area contributed by atoms with Crippen molar-refractivity contribution in [2.24, 2.45) is 20.8 Å². The molecule has 0 aliphatic heterocycles. The highest BCUT2D eigenvalue weighted by molar-refractivity contribution is 6.13. The number of nitrogens with zero attached hydrogens (tertiary/aromatic N) is 3. The molecule has 200 valence electrons. The molecule has 0 heterocycles. The van der Waals surface area contributed by atoms with Gasteiger partial charge in [0, 0.05) is 11.1 Å². The second kappa shape index (κ2) is 16.5. The van der Waals surface area contributed by atoms with E-state index in [0.717, 1.165) is 24.3 Å². The van der Waals surface area contributed by atoms with E-state index in [1.807, 2.05) is 0 Å². The molecule has 0 saturated carbocycles. The predicted molar refractivity (Wildman–Crippen MR) is 122 cm³/mol. The topological polar surface area (TPSA) is 166 Å². The number of carbonyl (C=O) groups excluding carboxylic acids is 1. The summed E-state index contributed by atoms with van der Waals surface area (Å²) in [6, 6.07) is 4.58. The van der Waals surface area contributed by atoms with Crippen molar-refractivity contribution in [3.05, 3.63) is 70.8 Å². The molecule has 15 heteroatoms. The molecule has 36 heavy (non-hydrogen) atoms. The Labute approximate surface area is 209 Å². The summed E-state index contributed by atoms with van der Waals surface area (Å²) < 4.78 is 60.3. The molecule has 0 bridgehead atoms. The first-order valence-corrected chi connectivity index (χ1v) is 10.4. The van der Waals surface area contributed by atoms with Crippen LogP contribution in [-0.4, -0.2) is 35.1 Å². The van der Waals surface area contributed by atoms with Gasteiger partial charge in [-0.25, -0.2) is 22.4 Å². The number of ether oxygens (including phenoxy) is 1. The van der Waals surface area contributed by atoms with Crippen LogP contribution in [0.1, 0.15) is 44.0 Å². The average molecular weight is 539 g/mol.